The van der Waals surface area contributed by atoms with Gasteiger partial charge in [-0.15, -0.1) is 0 Å². The van der Waals surface area contributed by atoms with Crippen LogP contribution in [0.25, 0.3) is 0 Å². The van der Waals surface area contributed by atoms with E-state index < -0.39 is 16.1 Å². The Balaban J connectivity index is 1.92. The van der Waals surface area contributed by atoms with E-state index in [4.69, 9.17) is 4.74 Å². The molecule has 0 aliphatic carbocycles. The highest BCUT2D eigenvalue weighted by molar-refractivity contribution is 9.10. The minimum absolute atomic E-state index is 0.0703. The van der Waals surface area contributed by atoms with Crippen molar-refractivity contribution in [3.05, 3.63) is 58.6 Å². The molecule has 3 rings (SSSR count). The van der Waals surface area contributed by atoms with Crippen molar-refractivity contribution in [3.63, 3.8) is 0 Å². The van der Waals surface area contributed by atoms with Crippen LogP contribution in [-0.2, 0) is 16.6 Å². The van der Waals surface area contributed by atoms with Crippen molar-refractivity contribution >= 4 is 26.0 Å². The van der Waals surface area contributed by atoms with E-state index in [1.807, 2.05) is 32.2 Å². The molecule has 3 atom stereocenters. The molecule has 0 unspecified atom stereocenters. The van der Waals surface area contributed by atoms with Crippen LogP contribution < -0.4 is 4.74 Å². The van der Waals surface area contributed by atoms with Gasteiger partial charge in [-0.05, 0) is 37.7 Å². The lowest BCUT2D eigenvalue weighted by molar-refractivity contribution is 0.0733. The Morgan fingerprint density at radius 1 is 1.27 bits per heavy atom. The summed E-state index contributed by atoms with van der Waals surface area (Å²) in [5.74, 6) is 0.267. The van der Waals surface area contributed by atoms with Gasteiger partial charge in [0.1, 0.15) is 16.7 Å². The Morgan fingerprint density at radius 2 is 1.97 bits per heavy atom. The smallest absolute Gasteiger partial charge is 0.247 e. The van der Waals surface area contributed by atoms with Crippen LogP contribution in [0.3, 0.4) is 0 Å². The van der Waals surface area contributed by atoms with Crippen LogP contribution in [0.5, 0.6) is 5.75 Å². The number of benzene rings is 2. The highest BCUT2D eigenvalue weighted by Gasteiger charge is 2.38. The Kier molecular flexibility index (Phi) is 7.57. The van der Waals surface area contributed by atoms with Crippen molar-refractivity contribution < 1.29 is 18.3 Å². The lowest BCUT2D eigenvalue weighted by atomic mass is 10.0. The van der Waals surface area contributed by atoms with Crippen molar-refractivity contribution in [2.75, 3.05) is 26.7 Å². The number of aliphatic hydroxyl groups is 1. The molecular formula is C22H29BrN2O4S. The fourth-order valence-electron chi connectivity index (χ4n) is 3.68. The summed E-state index contributed by atoms with van der Waals surface area (Å²) in [4.78, 5) is 2.32. The Labute approximate surface area is 187 Å². The van der Waals surface area contributed by atoms with Crippen LogP contribution in [0.1, 0.15) is 19.4 Å². The second-order valence-corrected chi connectivity index (χ2v) is 10.8. The standard InChI is InChI=1S/C22H29BrN2O4S/c1-16-12-25(17(2)15-26)30(27,28)22-10-9-19(23)11-20(22)29-21(16)14-24(3)13-18-7-5-4-6-8-18/h4-11,16-17,21,26H,12-15H2,1-3H3/t16-,17+,21+/m0/s1. The highest BCUT2D eigenvalue weighted by Crippen LogP contribution is 2.35. The average Bonchev–Trinajstić information content (AvgIpc) is 2.70. The van der Waals surface area contributed by atoms with E-state index in [0.29, 0.717) is 12.3 Å². The topological polar surface area (TPSA) is 70.1 Å². The van der Waals surface area contributed by atoms with Crippen molar-refractivity contribution in [1.29, 1.82) is 0 Å². The van der Waals surface area contributed by atoms with Gasteiger partial charge in [-0.2, -0.15) is 4.31 Å². The lowest BCUT2D eigenvalue weighted by Crippen LogP contribution is -2.49. The molecule has 0 aromatic heterocycles. The molecule has 0 saturated heterocycles. The highest BCUT2D eigenvalue weighted by atomic mass is 79.9. The quantitative estimate of drug-likeness (QED) is 0.663. The number of halogens is 1. The molecule has 0 fully saturated rings. The third-order valence-corrected chi connectivity index (χ3v) is 7.93. The van der Waals surface area contributed by atoms with Gasteiger partial charge in [-0.3, -0.25) is 4.90 Å². The molecule has 0 saturated carbocycles. The van der Waals surface area contributed by atoms with Crippen LogP contribution in [-0.4, -0.2) is 61.6 Å². The number of nitrogens with zero attached hydrogens (tertiary/aromatic N) is 2. The predicted molar refractivity (Wildman–Crippen MR) is 121 cm³/mol. The summed E-state index contributed by atoms with van der Waals surface area (Å²) in [5, 5.41) is 9.68. The molecule has 0 spiro atoms. The van der Waals surface area contributed by atoms with Crippen LogP contribution in [0.15, 0.2) is 57.9 Å². The Morgan fingerprint density at radius 3 is 2.63 bits per heavy atom. The first kappa shape index (κ1) is 23.2. The number of aliphatic hydroxyl groups excluding tert-OH is 1. The summed E-state index contributed by atoms with van der Waals surface area (Å²) >= 11 is 3.42. The first-order valence-corrected chi connectivity index (χ1v) is 12.3. The van der Waals surface area contributed by atoms with Gasteiger partial charge in [-0.25, -0.2) is 8.42 Å². The SMILES string of the molecule is C[C@H](CO)N1C[C@H](C)[C@@H](CN(C)Cc2ccccc2)Oc2cc(Br)ccc2S1(=O)=O. The molecule has 1 N–H and O–H groups in total. The number of fused-ring (bicyclic) bond motifs is 1. The summed E-state index contributed by atoms with van der Waals surface area (Å²) in [5.41, 5.74) is 1.21. The molecule has 8 heteroatoms. The summed E-state index contributed by atoms with van der Waals surface area (Å²) in [6.45, 7) is 5.18. The van der Waals surface area contributed by atoms with Crippen molar-refractivity contribution in [2.24, 2.45) is 5.92 Å². The zero-order valence-electron chi connectivity index (χ0n) is 17.5. The van der Waals surface area contributed by atoms with E-state index in [-0.39, 0.29) is 30.1 Å². The largest absolute Gasteiger partial charge is 0.487 e. The van der Waals surface area contributed by atoms with Gasteiger partial charge in [0.25, 0.3) is 0 Å². The van der Waals surface area contributed by atoms with Crippen molar-refractivity contribution in [1.82, 2.24) is 9.21 Å². The maximum Gasteiger partial charge on any atom is 0.247 e. The van der Waals surface area contributed by atoms with E-state index in [9.17, 15) is 13.5 Å². The van der Waals surface area contributed by atoms with Crippen LogP contribution in [0, 0.1) is 5.92 Å². The van der Waals surface area contributed by atoms with Crippen molar-refractivity contribution in [3.8, 4) is 5.75 Å². The first-order valence-electron chi connectivity index (χ1n) is 10.0. The minimum atomic E-state index is -3.79. The third kappa shape index (κ3) is 5.23. The Bertz CT molecular complexity index is 955. The summed E-state index contributed by atoms with van der Waals surface area (Å²) < 4.78 is 35.1. The molecule has 0 amide bonds. The van der Waals surface area contributed by atoms with Gasteiger partial charge in [0.2, 0.25) is 10.0 Å². The maximum atomic E-state index is 13.3. The molecule has 164 valence electrons. The van der Waals surface area contributed by atoms with Gasteiger partial charge < -0.3 is 9.84 Å². The predicted octanol–water partition coefficient (Wildman–Crippen LogP) is 3.35. The maximum absolute atomic E-state index is 13.3. The van der Waals surface area contributed by atoms with E-state index in [1.54, 1.807) is 25.1 Å². The molecule has 0 bridgehead atoms. The van der Waals surface area contributed by atoms with Crippen LogP contribution >= 0.6 is 15.9 Å². The van der Waals surface area contributed by atoms with Crippen LogP contribution in [0.2, 0.25) is 0 Å². The zero-order valence-corrected chi connectivity index (χ0v) is 19.9. The number of likely N-dealkylation sites (N-methyl/N-ethyl adjacent to an activating group) is 1. The molecular weight excluding hydrogens is 468 g/mol. The molecule has 1 heterocycles. The first-order chi connectivity index (χ1) is 14.2. The van der Waals surface area contributed by atoms with Crippen molar-refractivity contribution in [2.45, 2.75) is 37.4 Å². The van der Waals surface area contributed by atoms with Gasteiger partial charge in [0, 0.05) is 36.1 Å². The summed E-state index contributed by atoms with van der Waals surface area (Å²) in [6.07, 6.45) is -0.212. The lowest BCUT2D eigenvalue weighted by Gasteiger charge is -2.37. The molecule has 2 aromatic carbocycles. The number of hydrogen-bond donors (Lipinski definition) is 1. The monoisotopic (exact) mass is 496 g/mol. The van der Waals surface area contributed by atoms with Crippen LogP contribution in [0.4, 0.5) is 0 Å². The molecule has 1 aliphatic rings. The Hall–Kier alpha value is -1.45. The molecule has 6 nitrogen and oxygen atoms in total. The normalized spacial score (nSPS) is 22.6. The van der Waals surface area contributed by atoms with Gasteiger partial charge in [-0.1, -0.05) is 53.2 Å². The van der Waals surface area contributed by atoms with Gasteiger partial charge >= 0.3 is 0 Å². The minimum Gasteiger partial charge on any atom is -0.487 e. The fourth-order valence-corrected chi connectivity index (χ4v) is 5.85. The number of hydrogen-bond acceptors (Lipinski definition) is 5. The fraction of sp³-hybridized carbons (Fsp3) is 0.455. The number of sulfonamides is 1. The summed E-state index contributed by atoms with van der Waals surface area (Å²) in [7, 11) is -1.75. The zero-order chi connectivity index (χ0) is 21.9. The van der Waals surface area contributed by atoms with E-state index in [2.05, 4.69) is 33.0 Å². The molecule has 1 aliphatic heterocycles. The van der Waals surface area contributed by atoms with Gasteiger partial charge in [0.05, 0.1) is 6.61 Å². The summed E-state index contributed by atoms with van der Waals surface area (Å²) in [6, 6.07) is 14.7. The second kappa shape index (κ2) is 9.78. The van der Waals surface area contributed by atoms with Gasteiger partial charge in [0.15, 0.2) is 0 Å². The van der Waals surface area contributed by atoms with E-state index >= 15 is 0 Å². The molecule has 0 radical (unpaired) electrons. The van der Waals surface area contributed by atoms with E-state index in [1.165, 1.54) is 9.87 Å². The third-order valence-electron chi connectivity index (χ3n) is 5.42. The molecule has 30 heavy (non-hydrogen) atoms. The van der Waals surface area contributed by atoms with E-state index in [0.717, 1.165) is 11.0 Å². The average molecular weight is 497 g/mol. The number of ether oxygens (including phenoxy) is 1. The number of rotatable bonds is 6. The molecule has 2 aromatic rings. The second-order valence-electron chi connectivity index (χ2n) is 8.01.